The fourth-order valence-electron chi connectivity index (χ4n) is 3.32. The highest BCUT2D eigenvalue weighted by molar-refractivity contribution is 8.15. The number of thioether (sulfide) groups is 1. The van der Waals surface area contributed by atoms with Crippen LogP contribution in [0.2, 0.25) is 0 Å². The third-order valence-corrected chi connectivity index (χ3v) is 7.04. The van der Waals surface area contributed by atoms with Crippen LogP contribution in [0, 0.1) is 0 Å². The van der Waals surface area contributed by atoms with Gasteiger partial charge in [-0.1, -0.05) is 18.7 Å². The third kappa shape index (κ3) is 4.27. The number of pyridine rings is 1. The number of carbonyl (C=O) groups is 1. The molecule has 7 nitrogen and oxygen atoms in total. The van der Waals surface area contributed by atoms with Crippen molar-refractivity contribution in [2.24, 2.45) is 4.99 Å². The molecule has 3 aromatic rings. The number of hydrogen-bond donors (Lipinski definition) is 1. The molecule has 1 atom stereocenters. The molecule has 0 bridgehead atoms. The zero-order valence-corrected chi connectivity index (χ0v) is 18.2. The number of aromatic amines is 1. The van der Waals surface area contributed by atoms with Gasteiger partial charge in [0.2, 0.25) is 0 Å². The molecule has 4 rings (SSSR count). The van der Waals surface area contributed by atoms with Crippen LogP contribution >= 0.6 is 11.8 Å². The summed E-state index contributed by atoms with van der Waals surface area (Å²) in [6.45, 7) is 2.73. The van der Waals surface area contributed by atoms with Crippen molar-refractivity contribution in [3.63, 3.8) is 0 Å². The lowest BCUT2D eigenvalue weighted by Crippen LogP contribution is -2.03. The SMILES string of the molecule is CCc1cc(Oc2ccc(S(C)(=O)=O)nc2)cc2cc(C3=NCC(CC=O)S3)[nH]c12. The molecule has 9 heteroatoms. The Morgan fingerprint density at radius 2 is 2.10 bits per heavy atom. The number of fused-ring (bicyclic) bond motifs is 1. The summed E-state index contributed by atoms with van der Waals surface area (Å²) in [6.07, 6.45) is 4.78. The second-order valence-corrected chi connectivity index (χ2v) is 10.3. The van der Waals surface area contributed by atoms with Crippen LogP contribution in [0.25, 0.3) is 10.9 Å². The number of benzene rings is 1. The first kappa shape index (κ1) is 20.6. The standard InChI is InChI=1S/C21H21N3O4S2/c1-3-13-8-16(28-15-4-5-19(22-11-15)30(2,26)27)9-14-10-18(24-20(13)14)21-23-12-17(29-21)6-7-25/h4-5,7-11,17,24H,3,6,12H2,1-2H3. The summed E-state index contributed by atoms with van der Waals surface area (Å²) < 4.78 is 29.1. The first-order chi connectivity index (χ1) is 14.4. The van der Waals surface area contributed by atoms with Gasteiger partial charge >= 0.3 is 0 Å². The van der Waals surface area contributed by atoms with Crippen molar-refractivity contribution in [3.05, 3.63) is 47.8 Å². The highest BCUT2D eigenvalue weighted by Gasteiger charge is 2.22. The molecular formula is C21H21N3O4S2. The maximum Gasteiger partial charge on any atom is 0.192 e. The molecule has 1 aromatic carbocycles. The zero-order chi connectivity index (χ0) is 21.3. The number of carbonyl (C=O) groups excluding carboxylic acids is 1. The molecule has 2 aromatic heterocycles. The topological polar surface area (TPSA) is 101 Å². The Morgan fingerprint density at radius 3 is 2.77 bits per heavy atom. The number of aryl methyl sites for hydroxylation is 1. The summed E-state index contributed by atoms with van der Waals surface area (Å²) in [5.41, 5.74) is 3.07. The van der Waals surface area contributed by atoms with Crippen LogP contribution < -0.4 is 4.74 Å². The second-order valence-electron chi connectivity index (χ2n) is 7.08. The minimum atomic E-state index is -3.35. The molecule has 30 heavy (non-hydrogen) atoms. The van der Waals surface area contributed by atoms with E-state index in [0.717, 1.165) is 46.2 Å². The van der Waals surface area contributed by atoms with Crippen molar-refractivity contribution in [2.45, 2.75) is 30.0 Å². The average Bonchev–Trinajstić information content (AvgIpc) is 3.34. The molecule has 0 fully saturated rings. The fourth-order valence-corrected chi connectivity index (χ4v) is 4.91. The summed E-state index contributed by atoms with van der Waals surface area (Å²) in [4.78, 5) is 22.8. The van der Waals surface area contributed by atoms with Gasteiger partial charge < -0.3 is 14.5 Å². The molecule has 156 valence electrons. The van der Waals surface area contributed by atoms with E-state index >= 15 is 0 Å². The van der Waals surface area contributed by atoms with Crippen LogP contribution in [-0.2, 0) is 21.1 Å². The van der Waals surface area contributed by atoms with Gasteiger partial charge in [-0.05, 0) is 42.3 Å². The molecule has 1 aliphatic rings. The number of nitrogens with one attached hydrogen (secondary N) is 1. The normalized spacial score (nSPS) is 16.6. The number of rotatable bonds is 7. The smallest absolute Gasteiger partial charge is 0.192 e. The summed E-state index contributed by atoms with van der Waals surface area (Å²) in [7, 11) is -3.35. The Morgan fingerprint density at radius 1 is 1.27 bits per heavy atom. The van der Waals surface area contributed by atoms with Crippen LogP contribution in [0.15, 0.2) is 46.5 Å². The van der Waals surface area contributed by atoms with Crippen molar-refractivity contribution in [2.75, 3.05) is 12.8 Å². The summed E-state index contributed by atoms with van der Waals surface area (Å²) in [5.74, 6) is 1.12. The molecule has 1 unspecified atom stereocenters. The highest BCUT2D eigenvalue weighted by atomic mass is 32.2. The molecule has 1 aliphatic heterocycles. The number of ether oxygens (including phenoxy) is 1. The molecule has 0 aliphatic carbocycles. The molecule has 0 radical (unpaired) electrons. The van der Waals surface area contributed by atoms with E-state index in [-0.39, 0.29) is 10.3 Å². The number of sulfone groups is 1. The number of nitrogens with zero attached hydrogens (tertiary/aromatic N) is 2. The van der Waals surface area contributed by atoms with Gasteiger partial charge in [-0.3, -0.25) is 4.99 Å². The van der Waals surface area contributed by atoms with Crippen LogP contribution in [0.5, 0.6) is 11.5 Å². The predicted octanol–water partition coefficient (Wildman–Crippen LogP) is 3.77. The van der Waals surface area contributed by atoms with Gasteiger partial charge in [-0.2, -0.15) is 0 Å². The van der Waals surface area contributed by atoms with Crippen LogP contribution in [0.1, 0.15) is 24.6 Å². The van der Waals surface area contributed by atoms with Crippen molar-refractivity contribution < 1.29 is 17.9 Å². The summed E-state index contributed by atoms with van der Waals surface area (Å²) in [6, 6.07) is 8.97. The zero-order valence-electron chi connectivity index (χ0n) is 16.6. The molecular weight excluding hydrogens is 422 g/mol. The predicted molar refractivity (Wildman–Crippen MR) is 119 cm³/mol. The minimum Gasteiger partial charge on any atom is -0.456 e. The van der Waals surface area contributed by atoms with Gasteiger partial charge in [0.1, 0.15) is 22.8 Å². The monoisotopic (exact) mass is 443 g/mol. The van der Waals surface area contributed by atoms with Crippen molar-refractivity contribution in [1.82, 2.24) is 9.97 Å². The highest BCUT2D eigenvalue weighted by Crippen LogP contribution is 2.33. The molecule has 0 saturated heterocycles. The van der Waals surface area contributed by atoms with Crippen molar-refractivity contribution in [3.8, 4) is 11.5 Å². The lowest BCUT2D eigenvalue weighted by molar-refractivity contribution is -0.107. The van der Waals surface area contributed by atoms with Gasteiger partial charge in [-0.25, -0.2) is 13.4 Å². The summed E-state index contributed by atoms with van der Waals surface area (Å²) >= 11 is 1.63. The van der Waals surface area contributed by atoms with Crippen molar-refractivity contribution >= 4 is 43.8 Å². The average molecular weight is 444 g/mol. The van der Waals surface area contributed by atoms with E-state index in [9.17, 15) is 13.2 Å². The summed E-state index contributed by atoms with van der Waals surface area (Å²) in [5, 5.41) is 2.14. The van der Waals surface area contributed by atoms with E-state index in [1.54, 1.807) is 17.8 Å². The molecule has 0 spiro atoms. The van der Waals surface area contributed by atoms with E-state index in [4.69, 9.17) is 4.74 Å². The number of aldehydes is 1. The van der Waals surface area contributed by atoms with Gasteiger partial charge in [0.15, 0.2) is 14.9 Å². The van der Waals surface area contributed by atoms with Gasteiger partial charge in [-0.15, -0.1) is 0 Å². The number of aliphatic imine (C=N–C) groups is 1. The van der Waals surface area contributed by atoms with Crippen LogP contribution in [-0.4, -0.2) is 47.8 Å². The minimum absolute atomic E-state index is 0.0116. The fraction of sp³-hybridized carbons (Fsp3) is 0.286. The third-order valence-electron chi connectivity index (χ3n) is 4.80. The van der Waals surface area contributed by atoms with Crippen LogP contribution in [0.4, 0.5) is 0 Å². The first-order valence-corrected chi connectivity index (χ1v) is 12.3. The Bertz CT molecular complexity index is 1230. The van der Waals surface area contributed by atoms with Gasteiger partial charge in [0, 0.05) is 28.8 Å². The Hall–Kier alpha value is -2.65. The second kappa shape index (κ2) is 8.23. The van der Waals surface area contributed by atoms with E-state index in [0.29, 0.717) is 24.5 Å². The molecule has 3 heterocycles. The van der Waals surface area contributed by atoms with E-state index in [1.807, 2.05) is 18.2 Å². The first-order valence-electron chi connectivity index (χ1n) is 9.52. The number of aromatic nitrogens is 2. The van der Waals surface area contributed by atoms with Gasteiger partial charge in [0.05, 0.1) is 18.4 Å². The van der Waals surface area contributed by atoms with E-state index < -0.39 is 9.84 Å². The lowest BCUT2D eigenvalue weighted by atomic mass is 10.1. The number of hydrogen-bond acceptors (Lipinski definition) is 7. The maximum atomic E-state index is 11.6. The molecule has 0 amide bonds. The largest absolute Gasteiger partial charge is 0.456 e. The Kier molecular flexibility index (Phi) is 5.66. The van der Waals surface area contributed by atoms with Crippen molar-refractivity contribution in [1.29, 1.82) is 0 Å². The molecule has 0 saturated carbocycles. The lowest BCUT2D eigenvalue weighted by Gasteiger charge is -2.08. The molecule has 1 N–H and O–H groups in total. The Balaban J connectivity index is 1.62. The number of H-pyrrole nitrogens is 1. The maximum absolute atomic E-state index is 11.6. The van der Waals surface area contributed by atoms with E-state index in [2.05, 4.69) is 21.9 Å². The van der Waals surface area contributed by atoms with Gasteiger partial charge in [0.25, 0.3) is 0 Å². The quantitative estimate of drug-likeness (QED) is 0.558. The van der Waals surface area contributed by atoms with Crippen LogP contribution in [0.3, 0.4) is 0 Å². The van der Waals surface area contributed by atoms with E-state index in [1.165, 1.54) is 12.3 Å². The Labute approximate surface area is 178 Å².